The fraction of sp³-hybridized carbons (Fsp3) is 0.296. The standard InChI is InChI=1S/C27H25ClFN3O4/c28-19-13-23(25(33)31-27(10-11-27)18-8-6-17(7-9-18)26(34)35)24(30-15-19)32-12-2-4-21(32)16-36-22-5-1-3-20(29)14-22/h1,3,5-9,13-15,21H,2,4,10-12,16H2,(H,31,33)(H,34,35)/t21-/m0/s1. The average molecular weight is 510 g/mol. The highest BCUT2D eigenvalue weighted by atomic mass is 35.5. The van der Waals surface area contributed by atoms with Gasteiger partial charge in [-0.25, -0.2) is 14.2 Å². The number of benzene rings is 2. The molecule has 1 aliphatic carbocycles. The van der Waals surface area contributed by atoms with Gasteiger partial charge in [0, 0.05) is 18.8 Å². The molecule has 186 valence electrons. The zero-order chi connectivity index (χ0) is 25.3. The van der Waals surface area contributed by atoms with Crippen LogP contribution in [0.3, 0.4) is 0 Å². The maximum atomic E-state index is 13.5. The summed E-state index contributed by atoms with van der Waals surface area (Å²) in [5.41, 5.74) is 0.884. The molecule has 2 heterocycles. The summed E-state index contributed by atoms with van der Waals surface area (Å²) in [6.07, 6.45) is 4.78. The maximum absolute atomic E-state index is 13.5. The van der Waals surface area contributed by atoms with Crippen LogP contribution in [0.4, 0.5) is 10.2 Å². The third-order valence-electron chi connectivity index (χ3n) is 6.75. The number of carboxylic acids is 1. The number of hydrogen-bond donors (Lipinski definition) is 2. The summed E-state index contributed by atoms with van der Waals surface area (Å²) in [5.74, 6) is -0.670. The maximum Gasteiger partial charge on any atom is 0.335 e. The van der Waals surface area contributed by atoms with Gasteiger partial charge in [-0.2, -0.15) is 0 Å². The number of hydrogen-bond acceptors (Lipinski definition) is 5. The summed E-state index contributed by atoms with van der Waals surface area (Å²) in [5, 5.41) is 12.7. The first kappa shape index (κ1) is 24.1. The highest BCUT2D eigenvalue weighted by molar-refractivity contribution is 6.31. The van der Waals surface area contributed by atoms with Gasteiger partial charge in [-0.15, -0.1) is 0 Å². The zero-order valence-electron chi connectivity index (χ0n) is 19.4. The van der Waals surface area contributed by atoms with E-state index in [0.29, 0.717) is 35.3 Å². The number of carbonyl (C=O) groups excluding carboxylic acids is 1. The first-order valence-electron chi connectivity index (χ1n) is 11.8. The number of anilines is 1. The van der Waals surface area contributed by atoms with E-state index in [1.54, 1.807) is 42.5 Å². The van der Waals surface area contributed by atoms with E-state index in [1.807, 2.05) is 4.90 Å². The number of aromatic carboxylic acids is 1. The van der Waals surface area contributed by atoms with E-state index in [1.165, 1.54) is 18.3 Å². The number of amides is 1. The molecule has 9 heteroatoms. The zero-order valence-corrected chi connectivity index (χ0v) is 20.2. The van der Waals surface area contributed by atoms with Crippen LogP contribution >= 0.6 is 11.6 Å². The van der Waals surface area contributed by atoms with Crippen molar-refractivity contribution in [2.45, 2.75) is 37.3 Å². The quantitative estimate of drug-likeness (QED) is 0.442. The molecule has 2 aromatic carbocycles. The van der Waals surface area contributed by atoms with Gasteiger partial charge in [0.05, 0.1) is 27.7 Å². The first-order chi connectivity index (χ1) is 17.3. The van der Waals surface area contributed by atoms with Crippen molar-refractivity contribution in [1.82, 2.24) is 10.3 Å². The minimum absolute atomic E-state index is 0.0352. The molecule has 7 nitrogen and oxygen atoms in total. The molecule has 0 unspecified atom stereocenters. The molecule has 0 spiro atoms. The Labute approximate surface area is 212 Å². The Hall–Kier alpha value is -3.65. The molecule has 1 saturated carbocycles. The molecule has 0 radical (unpaired) electrons. The van der Waals surface area contributed by atoms with E-state index >= 15 is 0 Å². The van der Waals surface area contributed by atoms with Gasteiger partial charge in [0.2, 0.25) is 0 Å². The Kier molecular flexibility index (Phi) is 6.53. The van der Waals surface area contributed by atoms with E-state index in [-0.39, 0.29) is 23.3 Å². The number of aromatic nitrogens is 1. The summed E-state index contributed by atoms with van der Waals surface area (Å²) < 4.78 is 19.4. The highest BCUT2D eigenvalue weighted by Crippen LogP contribution is 2.46. The molecular weight excluding hydrogens is 485 g/mol. The molecule has 1 atom stereocenters. The summed E-state index contributed by atoms with van der Waals surface area (Å²) in [6.45, 7) is 1.03. The number of ether oxygens (including phenoxy) is 1. The van der Waals surface area contributed by atoms with Gasteiger partial charge in [0.1, 0.15) is 24.0 Å². The average Bonchev–Trinajstić information content (AvgIpc) is 3.50. The topological polar surface area (TPSA) is 91.8 Å². The normalized spacial score (nSPS) is 18.1. The Morgan fingerprint density at radius 3 is 2.67 bits per heavy atom. The molecule has 5 rings (SSSR count). The van der Waals surface area contributed by atoms with Gasteiger partial charge in [-0.3, -0.25) is 4.79 Å². The number of carboxylic acid groups (broad SMARTS) is 1. The van der Waals surface area contributed by atoms with Crippen molar-refractivity contribution in [3.8, 4) is 5.75 Å². The third kappa shape index (κ3) is 4.99. The number of pyridine rings is 1. The SMILES string of the molecule is O=C(O)c1ccc(C2(NC(=O)c3cc(Cl)cnc3N3CCC[C@H]3COc3cccc(F)c3)CC2)cc1. The Morgan fingerprint density at radius 2 is 1.97 bits per heavy atom. The lowest BCUT2D eigenvalue weighted by Gasteiger charge is -2.28. The molecule has 2 fully saturated rings. The van der Waals surface area contributed by atoms with E-state index in [9.17, 15) is 14.0 Å². The fourth-order valence-electron chi connectivity index (χ4n) is 4.69. The fourth-order valence-corrected chi connectivity index (χ4v) is 4.85. The summed E-state index contributed by atoms with van der Waals surface area (Å²) >= 11 is 6.23. The van der Waals surface area contributed by atoms with Crippen molar-refractivity contribution in [2.24, 2.45) is 0 Å². The minimum Gasteiger partial charge on any atom is -0.491 e. The van der Waals surface area contributed by atoms with Gasteiger partial charge >= 0.3 is 5.97 Å². The largest absolute Gasteiger partial charge is 0.491 e. The molecule has 1 saturated heterocycles. The van der Waals surface area contributed by atoms with Crippen molar-refractivity contribution in [1.29, 1.82) is 0 Å². The summed E-state index contributed by atoms with van der Waals surface area (Å²) in [6, 6.07) is 14.2. The lowest BCUT2D eigenvalue weighted by Crippen LogP contribution is -2.39. The molecule has 2 N–H and O–H groups in total. The molecule has 1 aromatic heterocycles. The smallest absolute Gasteiger partial charge is 0.335 e. The molecule has 1 aliphatic heterocycles. The third-order valence-corrected chi connectivity index (χ3v) is 6.96. The van der Waals surface area contributed by atoms with Crippen LogP contribution in [0.5, 0.6) is 5.75 Å². The van der Waals surface area contributed by atoms with E-state index in [2.05, 4.69) is 10.3 Å². The monoisotopic (exact) mass is 509 g/mol. The highest BCUT2D eigenvalue weighted by Gasteiger charge is 2.46. The number of carbonyl (C=O) groups is 2. The van der Waals surface area contributed by atoms with Crippen molar-refractivity contribution in [3.63, 3.8) is 0 Å². The number of halogens is 2. The lowest BCUT2D eigenvalue weighted by molar-refractivity contribution is 0.0696. The molecule has 0 bridgehead atoms. The van der Waals surface area contributed by atoms with Crippen LogP contribution in [0.2, 0.25) is 5.02 Å². The van der Waals surface area contributed by atoms with Crippen LogP contribution < -0.4 is 15.0 Å². The van der Waals surface area contributed by atoms with Crippen LogP contribution in [0.1, 0.15) is 52.0 Å². The summed E-state index contributed by atoms with van der Waals surface area (Å²) in [4.78, 5) is 31.2. The Balaban J connectivity index is 1.35. The number of rotatable bonds is 8. The van der Waals surface area contributed by atoms with E-state index in [4.69, 9.17) is 21.4 Å². The Morgan fingerprint density at radius 1 is 1.19 bits per heavy atom. The van der Waals surface area contributed by atoms with E-state index < -0.39 is 11.5 Å². The second-order valence-corrected chi connectivity index (χ2v) is 9.64. The molecule has 36 heavy (non-hydrogen) atoms. The minimum atomic E-state index is -0.994. The second-order valence-electron chi connectivity index (χ2n) is 9.20. The van der Waals surface area contributed by atoms with Crippen LogP contribution in [0.15, 0.2) is 60.8 Å². The molecular formula is C27H25ClFN3O4. The first-order valence-corrected chi connectivity index (χ1v) is 12.2. The van der Waals surface area contributed by atoms with Gasteiger partial charge in [0.15, 0.2) is 0 Å². The molecule has 1 amide bonds. The summed E-state index contributed by atoms with van der Waals surface area (Å²) in [7, 11) is 0. The van der Waals surface area contributed by atoms with Crippen LogP contribution in [0.25, 0.3) is 0 Å². The van der Waals surface area contributed by atoms with Crippen molar-refractivity contribution in [2.75, 3.05) is 18.1 Å². The van der Waals surface area contributed by atoms with Crippen molar-refractivity contribution < 1.29 is 23.8 Å². The Bertz CT molecular complexity index is 1300. The molecule has 3 aromatic rings. The predicted octanol–water partition coefficient (Wildman–Crippen LogP) is 5.04. The van der Waals surface area contributed by atoms with Crippen LogP contribution in [-0.2, 0) is 5.54 Å². The lowest BCUT2D eigenvalue weighted by atomic mass is 10.0. The van der Waals surface area contributed by atoms with Gasteiger partial charge < -0.3 is 20.1 Å². The predicted molar refractivity (Wildman–Crippen MR) is 133 cm³/mol. The molecule has 2 aliphatic rings. The van der Waals surface area contributed by atoms with Gasteiger partial charge in [0.25, 0.3) is 5.91 Å². The van der Waals surface area contributed by atoms with Gasteiger partial charge in [-0.1, -0.05) is 29.8 Å². The van der Waals surface area contributed by atoms with Crippen LogP contribution in [-0.4, -0.2) is 41.2 Å². The van der Waals surface area contributed by atoms with Crippen LogP contribution in [0, 0.1) is 5.82 Å². The van der Waals surface area contributed by atoms with Crippen molar-refractivity contribution in [3.05, 3.63) is 88.3 Å². The van der Waals surface area contributed by atoms with Crippen molar-refractivity contribution >= 4 is 29.3 Å². The van der Waals surface area contributed by atoms with E-state index in [0.717, 1.165) is 31.2 Å². The number of nitrogens with zero attached hydrogens (tertiary/aromatic N) is 2. The number of nitrogens with one attached hydrogen (secondary N) is 1. The van der Waals surface area contributed by atoms with Gasteiger partial charge in [-0.05, 0) is 61.6 Å². The second kappa shape index (κ2) is 9.78.